The normalized spacial score (nSPS) is 17.1. The van der Waals surface area contributed by atoms with Gasteiger partial charge in [0.25, 0.3) is 0 Å². The molecule has 1 saturated carbocycles. The molecular weight excluding hydrogens is 268 g/mol. The largest absolute Gasteiger partial charge is 0.481 e. The van der Waals surface area contributed by atoms with Crippen molar-refractivity contribution >= 4 is 39.5 Å². The molecule has 1 aliphatic rings. The van der Waals surface area contributed by atoms with Crippen LogP contribution >= 0.6 is 11.6 Å². The Morgan fingerprint density at radius 2 is 1.79 bits per heavy atom. The van der Waals surface area contributed by atoms with Crippen molar-refractivity contribution in [2.75, 3.05) is 0 Å². The van der Waals surface area contributed by atoms with Gasteiger partial charge in [-0.1, -0.05) is 11.6 Å². The van der Waals surface area contributed by atoms with Crippen molar-refractivity contribution in [2.45, 2.75) is 18.3 Å². The van der Waals surface area contributed by atoms with Crippen LogP contribution in [-0.4, -0.2) is 11.1 Å². The van der Waals surface area contributed by atoms with Gasteiger partial charge in [-0.25, -0.2) is 0 Å². The molecule has 2 aromatic heterocycles. The standard InChI is InChI=1S/C14H9ClO4/c15-10-8-2-6-18-11(8)9(7-1-5-19-12(7)10)14(3-4-14)13(16)17/h1-2,5-6H,3-4H2,(H,16,17). The van der Waals surface area contributed by atoms with E-state index < -0.39 is 11.4 Å². The summed E-state index contributed by atoms with van der Waals surface area (Å²) in [6.45, 7) is 0. The number of rotatable bonds is 2. The van der Waals surface area contributed by atoms with Gasteiger partial charge in [0.1, 0.15) is 5.58 Å². The minimum atomic E-state index is -0.858. The van der Waals surface area contributed by atoms with E-state index >= 15 is 0 Å². The first-order chi connectivity index (χ1) is 9.15. The van der Waals surface area contributed by atoms with E-state index in [0.717, 1.165) is 5.39 Å². The molecule has 0 aliphatic heterocycles. The SMILES string of the molecule is O=C(O)C1(c2c3ccoc3c(Cl)c3ccoc23)CC1. The lowest BCUT2D eigenvalue weighted by Crippen LogP contribution is -2.20. The smallest absolute Gasteiger partial charge is 0.314 e. The van der Waals surface area contributed by atoms with Gasteiger partial charge in [-0.2, -0.15) is 0 Å². The highest BCUT2D eigenvalue weighted by molar-refractivity contribution is 6.40. The first-order valence-electron chi connectivity index (χ1n) is 5.95. The Bertz CT molecular complexity index is 771. The second-order valence-electron chi connectivity index (χ2n) is 4.90. The van der Waals surface area contributed by atoms with Crippen molar-refractivity contribution in [1.29, 1.82) is 0 Å². The maximum absolute atomic E-state index is 11.6. The highest BCUT2D eigenvalue weighted by Gasteiger charge is 2.54. The molecule has 0 amide bonds. The summed E-state index contributed by atoms with van der Waals surface area (Å²) in [6.07, 6.45) is 4.27. The van der Waals surface area contributed by atoms with E-state index in [-0.39, 0.29) is 0 Å². The van der Waals surface area contributed by atoms with Crippen LogP contribution in [0.25, 0.3) is 21.9 Å². The van der Waals surface area contributed by atoms with E-state index in [4.69, 9.17) is 20.4 Å². The number of fused-ring (bicyclic) bond motifs is 2. The summed E-state index contributed by atoms with van der Waals surface area (Å²) < 4.78 is 10.9. The third kappa shape index (κ3) is 1.22. The van der Waals surface area contributed by atoms with Crippen molar-refractivity contribution < 1.29 is 18.7 Å². The fraction of sp³-hybridized carbons (Fsp3) is 0.214. The highest BCUT2D eigenvalue weighted by Crippen LogP contribution is 2.54. The Morgan fingerprint density at radius 3 is 2.42 bits per heavy atom. The molecule has 2 heterocycles. The number of hydrogen-bond donors (Lipinski definition) is 1. The summed E-state index contributed by atoms with van der Waals surface area (Å²) in [5.41, 5.74) is 0.910. The van der Waals surface area contributed by atoms with E-state index in [1.54, 1.807) is 12.1 Å². The van der Waals surface area contributed by atoms with Crippen LogP contribution in [0.3, 0.4) is 0 Å². The molecule has 0 spiro atoms. The third-order valence-corrected chi connectivity index (χ3v) is 4.28. The van der Waals surface area contributed by atoms with Gasteiger partial charge >= 0.3 is 5.97 Å². The summed E-state index contributed by atoms with van der Waals surface area (Å²) in [4.78, 5) is 11.6. The number of carbonyl (C=O) groups is 1. The third-order valence-electron chi connectivity index (χ3n) is 3.90. The monoisotopic (exact) mass is 276 g/mol. The minimum Gasteiger partial charge on any atom is -0.481 e. The number of carboxylic acid groups (broad SMARTS) is 1. The van der Waals surface area contributed by atoms with Gasteiger partial charge in [-0.3, -0.25) is 4.79 Å². The lowest BCUT2D eigenvalue weighted by molar-refractivity contribution is -0.139. The van der Waals surface area contributed by atoms with Crippen LogP contribution in [0.15, 0.2) is 33.5 Å². The first-order valence-corrected chi connectivity index (χ1v) is 6.33. The Hall–Kier alpha value is -1.94. The topological polar surface area (TPSA) is 63.6 Å². The zero-order valence-electron chi connectivity index (χ0n) is 9.77. The van der Waals surface area contributed by atoms with Crippen LogP contribution < -0.4 is 0 Å². The molecule has 0 saturated heterocycles. The summed E-state index contributed by atoms with van der Waals surface area (Å²) >= 11 is 6.28. The molecule has 0 bridgehead atoms. The quantitative estimate of drug-likeness (QED) is 0.770. The summed E-state index contributed by atoms with van der Waals surface area (Å²) in [5, 5.41) is 11.4. The zero-order valence-corrected chi connectivity index (χ0v) is 10.5. The van der Waals surface area contributed by atoms with Gasteiger partial charge < -0.3 is 13.9 Å². The molecule has 0 unspecified atom stereocenters. The lowest BCUT2D eigenvalue weighted by atomic mass is 9.91. The molecule has 19 heavy (non-hydrogen) atoms. The molecule has 4 rings (SSSR count). The lowest BCUT2D eigenvalue weighted by Gasteiger charge is -2.12. The molecule has 1 fully saturated rings. The fourth-order valence-corrected chi connectivity index (χ4v) is 3.06. The van der Waals surface area contributed by atoms with Crippen molar-refractivity contribution in [3.05, 3.63) is 35.2 Å². The van der Waals surface area contributed by atoms with E-state index in [2.05, 4.69) is 0 Å². The predicted octanol–water partition coefficient (Wildman–Crippen LogP) is 3.95. The average molecular weight is 277 g/mol. The second kappa shape index (κ2) is 3.33. The molecule has 5 heteroatoms. The van der Waals surface area contributed by atoms with Crippen LogP contribution in [0, 0.1) is 0 Å². The van der Waals surface area contributed by atoms with Crippen molar-refractivity contribution in [3.8, 4) is 0 Å². The number of carboxylic acids is 1. The van der Waals surface area contributed by atoms with Crippen LogP contribution in [0.4, 0.5) is 0 Å². The van der Waals surface area contributed by atoms with Gasteiger partial charge in [0.05, 0.1) is 23.0 Å². The van der Waals surface area contributed by atoms with Crippen LogP contribution in [0.2, 0.25) is 5.02 Å². The van der Waals surface area contributed by atoms with Gasteiger partial charge in [0.15, 0.2) is 5.58 Å². The molecule has 1 aliphatic carbocycles. The highest BCUT2D eigenvalue weighted by atomic mass is 35.5. The first kappa shape index (κ1) is 10.9. The van der Waals surface area contributed by atoms with E-state index in [0.29, 0.717) is 40.0 Å². The molecule has 4 nitrogen and oxygen atoms in total. The van der Waals surface area contributed by atoms with Gasteiger partial charge in [0.2, 0.25) is 0 Å². The fourth-order valence-electron chi connectivity index (χ4n) is 2.77. The number of halogens is 1. The van der Waals surface area contributed by atoms with E-state index in [1.165, 1.54) is 12.5 Å². The molecule has 96 valence electrons. The Labute approximate surface area is 112 Å². The molecule has 0 atom stereocenters. The van der Waals surface area contributed by atoms with Crippen LogP contribution in [-0.2, 0) is 10.2 Å². The Balaban J connectivity index is 2.23. The second-order valence-corrected chi connectivity index (χ2v) is 5.28. The predicted molar refractivity (Wildman–Crippen MR) is 69.5 cm³/mol. The summed E-state index contributed by atoms with van der Waals surface area (Å²) in [6, 6.07) is 3.49. The molecule has 3 aromatic rings. The van der Waals surface area contributed by atoms with Gasteiger partial charge in [0, 0.05) is 16.3 Å². The molecular formula is C14H9ClO4. The van der Waals surface area contributed by atoms with E-state index in [9.17, 15) is 9.90 Å². The van der Waals surface area contributed by atoms with Crippen LogP contribution in [0.5, 0.6) is 0 Å². The summed E-state index contributed by atoms with van der Waals surface area (Å²) in [5.74, 6) is -0.824. The van der Waals surface area contributed by atoms with Gasteiger partial charge in [-0.15, -0.1) is 0 Å². The van der Waals surface area contributed by atoms with Crippen LogP contribution in [0.1, 0.15) is 18.4 Å². The number of benzene rings is 1. The Morgan fingerprint density at radius 1 is 1.16 bits per heavy atom. The zero-order chi connectivity index (χ0) is 13.2. The maximum atomic E-state index is 11.6. The number of aliphatic carboxylic acids is 1. The van der Waals surface area contributed by atoms with Crippen molar-refractivity contribution in [2.24, 2.45) is 0 Å². The average Bonchev–Trinajstić information content (AvgIpc) is 2.85. The number of furan rings is 2. The molecule has 1 N–H and O–H groups in total. The molecule has 0 radical (unpaired) electrons. The maximum Gasteiger partial charge on any atom is 0.314 e. The van der Waals surface area contributed by atoms with Crippen molar-refractivity contribution in [1.82, 2.24) is 0 Å². The van der Waals surface area contributed by atoms with Gasteiger partial charge in [-0.05, 0) is 25.0 Å². The summed E-state index contributed by atoms with van der Waals surface area (Å²) in [7, 11) is 0. The Kier molecular flexibility index (Phi) is 1.92. The minimum absolute atomic E-state index is 0.466. The van der Waals surface area contributed by atoms with Crippen molar-refractivity contribution in [3.63, 3.8) is 0 Å². The molecule has 1 aromatic carbocycles. The number of hydrogen-bond acceptors (Lipinski definition) is 3. The van der Waals surface area contributed by atoms with E-state index in [1.807, 2.05) is 0 Å².